The summed E-state index contributed by atoms with van der Waals surface area (Å²) in [6.45, 7) is 6.12. The van der Waals surface area contributed by atoms with E-state index in [1.807, 2.05) is 6.92 Å². The second-order valence-electron chi connectivity index (χ2n) is 4.08. The number of hydrogen-bond donors (Lipinski definition) is 1. The molecule has 0 unspecified atom stereocenters. The van der Waals surface area contributed by atoms with Crippen LogP contribution in [0, 0.1) is 12.8 Å². The summed E-state index contributed by atoms with van der Waals surface area (Å²) in [6.07, 6.45) is 0.816. The maximum atomic E-state index is 5.62. The topological polar surface area (TPSA) is 77.8 Å². The van der Waals surface area contributed by atoms with E-state index in [1.54, 1.807) is 0 Å². The van der Waals surface area contributed by atoms with Gasteiger partial charge in [-0.2, -0.15) is 4.98 Å². The van der Waals surface area contributed by atoms with Crippen molar-refractivity contribution in [2.75, 3.05) is 5.73 Å². The van der Waals surface area contributed by atoms with Crippen LogP contribution in [0.3, 0.4) is 0 Å². The number of rotatable bonds is 3. The zero-order chi connectivity index (χ0) is 11.7. The zero-order valence-corrected chi connectivity index (χ0v) is 10.3. The third-order valence-corrected chi connectivity index (χ3v) is 3.04. The second-order valence-corrected chi connectivity index (χ2v) is 5.11. The van der Waals surface area contributed by atoms with Gasteiger partial charge in [-0.3, -0.25) is 0 Å². The molecule has 16 heavy (non-hydrogen) atoms. The van der Waals surface area contributed by atoms with Crippen molar-refractivity contribution < 1.29 is 4.52 Å². The van der Waals surface area contributed by atoms with Gasteiger partial charge in [0.15, 0.2) is 11.0 Å². The summed E-state index contributed by atoms with van der Waals surface area (Å²) >= 11 is 1.37. The summed E-state index contributed by atoms with van der Waals surface area (Å²) in [7, 11) is 0. The van der Waals surface area contributed by atoms with Crippen LogP contribution in [0.2, 0.25) is 0 Å². The molecule has 5 nitrogen and oxygen atoms in total. The summed E-state index contributed by atoms with van der Waals surface area (Å²) in [6, 6.07) is 0. The average molecular weight is 238 g/mol. The Morgan fingerprint density at radius 2 is 2.12 bits per heavy atom. The molecule has 2 heterocycles. The van der Waals surface area contributed by atoms with Crippen molar-refractivity contribution in [3.63, 3.8) is 0 Å². The predicted octanol–water partition coefficient (Wildman–Crippen LogP) is 2.28. The van der Waals surface area contributed by atoms with Gasteiger partial charge in [-0.1, -0.05) is 30.3 Å². The summed E-state index contributed by atoms with van der Waals surface area (Å²) in [5, 5.41) is 4.46. The van der Waals surface area contributed by atoms with Crippen LogP contribution in [0.1, 0.15) is 25.4 Å². The maximum Gasteiger partial charge on any atom is 0.269 e. The van der Waals surface area contributed by atoms with E-state index < -0.39 is 0 Å². The lowest BCUT2D eigenvalue weighted by atomic mass is 10.1. The minimum Gasteiger partial charge on any atom is -0.375 e. The van der Waals surface area contributed by atoms with E-state index >= 15 is 0 Å². The molecule has 0 spiro atoms. The summed E-state index contributed by atoms with van der Waals surface area (Å²) in [5.74, 6) is 1.76. The smallest absolute Gasteiger partial charge is 0.269 e. The summed E-state index contributed by atoms with van der Waals surface area (Å²) < 4.78 is 5.20. The molecule has 0 fully saturated rings. The fourth-order valence-corrected chi connectivity index (χ4v) is 2.17. The van der Waals surface area contributed by atoms with Crippen LogP contribution in [-0.2, 0) is 6.42 Å². The van der Waals surface area contributed by atoms with Gasteiger partial charge in [-0.25, -0.2) is 4.98 Å². The highest BCUT2D eigenvalue weighted by Gasteiger charge is 2.15. The predicted molar refractivity (Wildman–Crippen MR) is 63.1 cm³/mol. The van der Waals surface area contributed by atoms with Crippen LogP contribution in [0.15, 0.2) is 4.52 Å². The van der Waals surface area contributed by atoms with Crippen LogP contribution in [0.5, 0.6) is 0 Å². The Kier molecular flexibility index (Phi) is 2.91. The van der Waals surface area contributed by atoms with Gasteiger partial charge in [-0.05, 0) is 12.8 Å². The molecule has 0 atom stereocenters. The lowest BCUT2D eigenvalue weighted by Crippen LogP contribution is -1.95. The summed E-state index contributed by atoms with van der Waals surface area (Å²) in [4.78, 5) is 9.32. The quantitative estimate of drug-likeness (QED) is 0.887. The molecule has 2 aromatic rings. The van der Waals surface area contributed by atoms with E-state index in [9.17, 15) is 0 Å². The molecule has 0 saturated carbocycles. The molecule has 0 aliphatic rings. The van der Waals surface area contributed by atoms with Crippen LogP contribution in [0.25, 0.3) is 10.8 Å². The maximum absolute atomic E-state index is 5.62. The third kappa shape index (κ3) is 2.21. The largest absolute Gasteiger partial charge is 0.375 e. The zero-order valence-electron chi connectivity index (χ0n) is 9.52. The Balaban J connectivity index is 2.28. The number of nitrogens with zero attached hydrogens (tertiary/aromatic N) is 3. The van der Waals surface area contributed by atoms with Crippen LogP contribution < -0.4 is 5.73 Å². The SMILES string of the molecule is Cc1nc(N)sc1-c1nc(CC(C)C)no1. The molecular weight excluding hydrogens is 224 g/mol. The van der Waals surface area contributed by atoms with E-state index in [0.717, 1.165) is 22.8 Å². The minimum atomic E-state index is 0.512. The lowest BCUT2D eigenvalue weighted by Gasteiger charge is -1.95. The first-order chi connectivity index (χ1) is 7.56. The molecule has 0 aliphatic heterocycles. The molecular formula is C10H14N4OS. The minimum absolute atomic E-state index is 0.512. The molecule has 2 N–H and O–H groups in total. The van der Waals surface area contributed by atoms with Crippen molar-refractivity contribution in [3.8, 4) is 10.8 Å². The van der Waals surface area contributed by atoms with Crippen LogP contribution in [-0.4, -0.2) is 15.1 Å². The summed E-state index contributed by atoms with van der Waals surface area (Å²) in [5.41, 5.74) is 6.46. The number of nitrogens with two attached hydrogens (primary N) is 1. The third-order valence-electron chi connectivity index (χ3n) is 2.07. The van der Waals surface area contributed by atoms with Crippen LogP contribution >= 0.6 is 11.3 Å². The van der Waals surface area contributed by atoms with Gasteiger partial charge >= 0.3 is 0 Å². The number of aromatic nitrogens is 3. The normalized spacial score (nSPS) is 11.2. The van der Waals surface area contributed by atoms with E-state index in [0.29, 0.717) is 16.9 Å². The molecule has 6 heteroatoms. The van der Waals surface area contributed by atoms with Crippen molar-refractivity contribution in [2.24, 2.45) is 5.92 Å². The Labute approximate surface area is 97.7 Å². The van der Waals surface area contributed by atoms with Gasteiger partial charge in [0.25, 0.3) is 5.89 Å². The first-order valence-electron chi connectivity index (χ1n) is 5.12. The van der Waals surface area contributed by atoms with Crippen LogP contribution in [0.4, 0.5) is 5.13 Å². The van der Waals surface area contributed by atoms with Crippen molar-refractivity contribution in [1.29, 1.82) is 0 Å². The van der Waals surface area contributed by atoms with Crippen molar-refractivity contribution in [3.05, 3.63) is 11.5 Å². The molecule has 2 rings (SSSR count). The molecule has 2 aromatic heterocycles. The molecule has 0 aromatic carbocycles. The van der Waals surface area contributed by atoms with Crippen molar-refractivity contribution in [2.45, 2.75) is 27.2 Å². The van der Waals surface area contributed by atoms with E-state index in [-0.39, 0.29) is 0 Å². The Morgan fingerprint density at radius 3 is 2.69 bits per heavy atom. The highest BCUT2D eigenvalue weighted by molar-refractivity contribution is 7.18. The number of hydrogen-bond acceptors (Lipinski definition) is 6. The van der Waals surface area contributed by atoms with Gasteiger partial charge in [0.05, 0.1) is 5.69 Å². The van der Waals surface area contributed by atoms with Gasteiger partial charge in [-0.15, -0.1) is 0 Å². The number of anilines is 1. The van der Waals surface area contributed by atoms with E-state index in [2.05, 4.69) is 29.0 Å². The molecule has 0 amide bonds. The molecule has 0 bridgehead atoms. The first kappa shape index (κ1) is 11.1. The average Bonchev–Trinajstić information content (AvgIpc) is 2.72. The van der Waals surface area contributed by atoms with Gasteiger partial charge in [0.1, 0.15) is 4.88 Å². The molecule has 86 valence electrons. The fraction of sp³-hybridized carbons (Fsp3) is 0.500. The Bertz CT molecular complexity index is 489. The Morgan fingerprint density at radius 1 is 1.38 bits per heavy atom. The van der Waals surface area contributed by atoms with E-state index in [4.69, 9.17) is 10.3 Å². The number of nitrogen functional groups attached to an aromatic ring is 1. The van der Waals surface area contributed by atoms with E-state index in [1.165, 1.54) is 11.3 Å². The number of aryl methyl sites for hydroxylation is 1. The molecule has 0 aliphatic carbocycles. The van der Waals surface area contributed by atoms with Gasteiger partial charge in [0.2, 0.25) is 0 Å². The van der Waals surface area contributed by atoms with Crippen molar-refractivity contribution >= 4 is 16.5 Å². The standard InChI is InChI=1S/C10H14N4OS/c1-5(2)4-7-13-9(15-14-7)8-6(3)12-10(11)16-8/h5H,4H2,1-3H3,(H2,11,12). The highest BCUT2D eigenvalue weighted by Crippen LogP contribution is 2.29. The lowest BCUT2D eigenvalue weighted by molar-refractivity contribution is 0.418. The van der Waals surface area contributed by atoms with Crippen molar-refractivity contribution in [1.82, 2.24) is 15.1 Å². The molecule has 0 radical (unpaired) electrons. The number of thiazole rings is 1. The second kappa shape index (κ2) is 4.21. The monoisotopic (exact) mass is 238 g/mol. The molecule has 0 saturated heterocycles. The first-order valence-corrected chi connectivity index (χ1v) is 5.93. The highest BCUT2D eigenvalue weighted by atomic mass is 32.1. The van der Waals surface area contributed by atoms with Gasteiger partial charge < -0.3 is 10.3 Å². The van der Waals surface area contributed by atoms with Gasteiger partial charge in [0, 0.05) is 6.42 Å². The fourth-order valence-electron chi connectivity index (χ4n) is 1.41. The Hall–Kier alpha value is -1.43.